The van der Waals surface area contributed by atoms with Crippen molar-refractivity contribution in [3.63, 3.8) is 0 Å². The van der Waals surface area contributed by atoms with Gasteiger partial charge in [0.25, 0.3) is 0 Å². The Hall–Kier alpha value is -2.62. The van der Waals surface area contributed by atoms with Crippen molar-refractivity contribution in [3.8, 4) is 11.3 Å². The first-order valence-corrected chi connectivity index (χ1v) is 7.04. The summed E-state index contributed by atoms with van der Waals surface area (Å²) in [5, 5.41) is 11.2. The number of aromatic nitrogens is 4. The van der Waals surface area contributed by atoms with Crippen LogP contribution >= 0.6 is 0 Å². The molecule has 0 aliphatic rings. The molecular weight excluding hydrogens is 347 g/mol. The van der Waals surface area contributed by atoms with Crippen molar-refractivity contribution in [2.75, 3.05) is 0 Å². The second kappa shape index (κ2) is 6.03. The van der Waals surface area contributed by atoms with E-state index in [1.54, 1.807) is 6.07 Å². The number of hydrogen-bond acceptors (Lipinski definition) is 4. The number of halogens is 5. The molecule has 0 amide bonds. The lowest BCUT2D eigenvalue weighted by Gasteiger charge is -2.09. The summed E-state index contributed by atoms with van der Waals surface area (Å²) in [5.74, 6) is -3.82. The second-order valence-corrected chi connectivity index (χ2v) is 5.33. The van der Waals surface area contributed by atoms with Gasteiger partial charge in [0.15, 0.2) is 5.65 Å². The van der Waals surface area contributed by atoms with Gasteiger partial charge < -0.3 is 0 Å². The molecule has 0 bridgehead atoms. The van der Waals surface area contributed by atoms with Gasteiger partial charge in [-0.05, 0) is 17.7 Å². The molecule has 25 heavy (non-hydrogen) atoms. The molecule has 0 radical (unpaired) electrons. The third-order valence-corrected chi connectivity index (χ3v) is 3.31. The molecule has 2 aromatic heterocycles. The van der Waals surface area contributed by atoms with Crippen LogP contribution in [0, 0.1) is 0 Å². The minimum Gasteiger partial charge on any atom is -0.287 e. The van der Waals surface area contributed by atoms with E-state index in [-0.39, 0.29) is 5.65 Å². The third kappa shape index (κ3) is 3.90. The molecule has 0 aliphatic carbocycles. The Morgan fingerprint density at radius 1 is 0.960 bits per heavy atom. The summed E-state index contributed by atoms with van der Waals surface area (Å²) in [4.78, 5) is 0. The molecule has 10 heteroatoms. The van der Waals surface area contributed by atoms with Crippen molar-refractivity contribution in [2.45, 2.75) is 25.8 Å². The van der Waals surface area contributed by atoms with Crippen LogP contribution < -0.4 is 0 Å². The topological polar surface area (TPSA) is 52.3 Å². The Kier molecular flexibility index (Phi) is 4.15. The minimum absolute atomic E-state index is 0.162. The third-order valence-electron chi connectivity index (χ3n) is 3.31. The molecule has 0 saturated carbocycles. The fourth-order valence-corrected chi connectivity index (χ4v) is 2.15. The minimum atomic E-state index is -4.71. The Morgan fingerprint density at radius 2 is 1.64 bits per heavy atom. The van der Waals surface area contributed by atoms with Crippen molar-refractivity contribution >= 4 is 5.65 Å². The lowest BCUT2D eigenvalue weighted by Crippen LogP contribution is -2.14. The van der Waals surface area contributed by atoms with Crippen molar-refractivity contribution in [2.24, 2.45) is 0 Å². The first kappa shape index (κ1) is 17.2. The molecule has 0 atom stereocenters. The van der Waals surface area contributed by atoms with E-state index >= 15 is 0 Å². The van der Waals surface area contributed by atoms with Crippen LogP contribution in [0.15, 0.2) is 36.4 Å². The predicted molar refractivity (Wildman–Crippen MR) is 76.6 cm³/mol. The molecular formula is C15H11F5N4O. The normalized spacial score (nSPS) is 12.7. The summed E-state index contributed by atoms with van der Waals surface area (Å²) in [5.41, 5.74) is 1.36. The maximum absolute atomic E-state index is 13.5. The molecule has 132 valence electrons. The first-order chi connectivity index (χ1) is 11.6. The number of alkyl halides is 5. The van der Waals surface area contributed by atoms with E-state index in [0.717, 1.165) is 4.52 Å². The van der Waals surface area contributed by atoms with Crippen LogP contribution in [0.2, 0.25) is 0 Å². The van der Waals surface area contributed by atoms with Crippen LogP contribution in [-0.4, -0.2) is 26.2 Å². The average Bonchev–Trinajstić information content (AvgIpc) is 2.96. The molecule has 3 rings (SSSR count). The van der Waals surface area contributed by atoms with Gasteiger partial charge in [0.1, 0.15) is 0 Å². The summed E-state index contributed by atoms with van der Waals surface area (Å²) in [6.07, 6.45) is -4.71. The number of nitrogens with zero attached hydrogens (tertiary/aromatic N) is 4. The van der Waals surface area contributed by atoms with Gasteiger partial charge in [-0.3, -0.25) is 4.74 Å². The summed E-state index contributed by atoms with van der Waals surface area (Å²) < 4.78 is 67.8. The fraction of sp³-hybridized carbons (Fsp3) is 0.267. The van der Waals surface area contributed by atoms with Gasteiger partial charge in [-0.15, -0.1) is 23.4 Å². The van der Waals surface area contributed by atoms with Gasteiger partial charge in [0.2, 0.25) is 5.82 Å². The molecule has 0 unspecified atom stereocenters. The maximum atomic E-state index is 13.5. The summed E-state index contributed by atoms with van der Waals surface area (Å²) in [7, 11) is 0. The summed E-state index contributed by atoms with van der Waals surface area (Å²) in [6.45, 7) is 0.0706. The van der Waals surface area contributed by atoms with E-state index in [9.17, 15) is 22.0 Å². The smallest absolute Gasteiger partial charge is 0.287 e. The molecule has 0 spiro atoms. The molecule has 5 nitrogen and oxygen atoms in total. The van der Waals surface area contributed by atoms with Gasteiger partial charge >= 0.3 is 12.3 Å². The van der Waals surface area contributed by atoms with E-state index in [0.29, 0.717) is 23.7 Å². The van der Waals surface area contributed by atoms with Crippen LogP contribution in [0.1, 0.15) is 18.3 Å². The molecule has 0 fully saturated rings. The summed E-state index contributed by atoms with van der Waals surface area (Å²) in [6, 6.07) is 8.96. The van der Waals surface area contributed by atoms with E-state index in [2.05, 4.69) is 20.0 Å². The second-order valence-electron chi connectivity index (χ2n) is 5.33. The summed E-state index contributed by atoms with van der Waals surface area (Å²) >= 11 is 0. The van der Waals surface area contributed by atoms with E-state index in [4.69, 9.17) is 0 Å². The quantitative estimate of drug-likeness (QED) is 0.663. The highest BCUT2D eigenvalue weighted by Crippen LogP contribution is 2.26. The lowest BCUT2D eigenvalue weighted by atomic mass is 10.1. The SMILES string of the molecule is CC(F)(F)c1nnc2ccc(-c3ccc(COC(F)(F)F)cc3)nn12. The van der Waals surface area contributed by atoms with Crippen LogP contribution in [0.4, 0.5) is 22.0 Å². The van der Waals surface area contributed by atoms with Gasteiger partial charge in [0, 0.05) is 12.5 Å². The lowest BCUT2D eigenvalue weighted by molar-refractivity contribution is -0.330. The number of ether oxygens (including phenoxy) is 1. The van der Waals surface area contributed by atoms with E-state index < -0.39 is 24.7 Å². The highest BCUT2D eigenvalue weighted by Gasteiger charge is 2.31. The predicted octanol–water partition coefficient (Wildman–Crippen LogP) is 3.94. The Morgan fingerprint density at radius 3 is 2.24 bits per heavy atom. The zero-order chi connectivity index (χ0) is 18.2. The van der Waals surface area contributed by atoms with Crippen LogP contribution in [0.5, 0.6) is 0 Å². The van der Waals surface area contributed by atoms with Gasteiger partial charge in [-0.25, -0.2) is 0 Å². The highest BCUT2D eigenvalue weighted by molar-refractivity contribution is 5.60. The zero-order valence-corrected chi connectivity index (χ0v) is 12.8. The largest absolute Gasteiger partial charge is 0.522 e. The average molecular weight is 358 g/mol. The Bertz CT molecular complexity index is 884. The van der Waals surface area contributed by atoms with Gasteiger partial charge in [0.05, 0.1) is 12.3 Å². The number of benzene rings is 1. The first-order valence-electron chi connectivity index (χ1n) is 7.04. The molecule has 0 aliphatic heterocycles. The molecule has 0 saturated heterocycles. The van der Waals surface area contributed by atoms with Crippen molar-refractivity contribution in [3.05, 3.63) is 47.8 Å². The Labute approximate surface area is 138 Å². The Balaban J connectivity index is 1.89. The van der Waals surface area contributed by atoms with E-state index in [1.807, 2.05) is 0 Å². The highest BCUT2D eigenvalue weighted by atomic mass is 19.4. The van der Waals surface area contributed by atoms with E-state index in [1.165, 1.54) is 30.3 Å². The molecule has 0 N–H and O–H groups in total. The maximum Gasteiger partial charge on any atom is 0.522 e. The van der Waals surface area contributed by atoms with Crippen LogP contribution in [0.3, 0.4) is 0 Å². The van der Waals surface area contributed by atoms with Crippen LogP contribution in [-0.2, 0) is 17.3 Å². The van der Waals surface area contributed by atoms with Gasteiger partial charge in [-0.1, -0.05) is 24.3 Å². The van der Waals surface area contributed by atoms with Crippen molar-refractivity contribution < 1.29 is 26.7 Å². The number of rotatable bonds is 4. The monoisotopic (exact) mass is 358 g/mol. The fourth-order valence-electron chi connectivity index (χ4n) is 2.15. The zero-order valence-electron chi connectivity index (χ0n) is 12.8. The van der Waals surface area contributed by atoms with Crippen molar-refractivity contribution in [1.29, 1.82) is 0 Å². The molecule has 1 aromatic carbocycles. The van der Waals surface area contributed by atoms with Crippen LogP contribution in [0.25, 0.3) is 16.9 Å². The van der Waals surface area contributed by atoms with Crippen molar-refractivity contribution in [1.82, 2.24) is 19.8 Å². The molecule has 3 aromatic rings. The van der Waals surface area contributed by atoms with Gasteiger partial charge in [-0.2, -0.15) is 18.4 Å². The standard InChI is InChI=1S/C15H11F5N4O/c1-14(16,17)13-22-21-12-7-6-11(23-24(12)13)10-4-2-9(3-5-10)8-25-15(18,19)20/h2-7H,8H2,1H3. The number of fused-ring (bicyclic) bond motifs is 1. The number of hydrogen-bond donors (Lipinski definition) is 0. The molecule has 2 heterocycles.